The Hall–Kier alpha value is -3.30. The third-order valence-electron chi connectivity index (χ3n) is 7.13. The van der Waals surface area contributed by atoms with E-state index in [9.17, 15) is 0 Å². The van der Waals surface area contributed by atoms with E-state index in [0.717, 1.165) is 87.7 Å². The number of nitrogens with zero attached hydrogens (tertiary/aromatic N) is 5. The third-order valence-corrected chi connectivity index (χ3v) is 7.13. The molecule has 0 amide bonds. The van der Waals surface area contributed by atoms with Crippen molar-refractivity contribution in [3.05, 3.63) is 36.2 Å². The number of anilines is 2. The van der Waals surface area contributed by atoms with Crippen LogP contribution in [-0.2, 0) is 9.47 Å². The molecule has 0 radical (unpaired) electrons. The molecule has 1 aliphatic carbocycles. The first kappa shape index (κ1) is 25.4. The molecule has 0 bridgehead atoms. The Kier molecular flexibility index (Phi) is 8.42. The topological polar surface area (TPSA) is 93.5 Å². The van der Waals surface area contributed by atoms with Gasteiger partial charge in [-0.3, -0.25) is 9.98 Å². The first-order valence-electron chi connectivity index (χ1n) is 13.2. The maximum absolute atomic E-state index is 6.54. The van der Waals surface area contributed by atoms with Gasteiger partial charge in [-0.15, -0.1) is 0 Å². The van der Waals surface area contributed by atoms with Gasteiger partial charge in [0.25, 0.3) is 0 Å². The van der Waals surface area contributed by atoms with E-state index in [4.69, 9.17) is 14.2 Å². The van der Waals surface area contributed by atoms with Crippen LogP contribution in [0.25, 0.3) is 5.57 Å². The van der Waals surface area contributed by atoms with Gasteiger partial charge in [-0.2, -0.15) is 0 Å². The quantitative estimate of drug-likeness (QED) is 0.507. The molecule has 2 aromatic rings. The predicted molar refractivity (Wildman–Crippen MR) is 148 cm³/mol. The van der Waals surface area contributed by atoms with E-state index in [2.05, 4.69) is 55.1 Å². The Morgan fingerprint density at radius 3 is 2.54 bits per heavy atom. The first-order valence-corrected chi connectivity index (χ1v) is 13.2. The number of rotatable bonds is 8. The number of ether oxygens (including phenoxy) is 3. The average molecular weight is 505 g/mol. The maximum atomic E-state index is 6.54. The van der Waals surface area contributed by atoms with E-state index < -0.39 is 0 Å². The first-order chi connectivity index (χ1) is 18.2. The highest BCUT2D eigenvalue weighted by atomic mass is 16.5. The van der Waals surface area contributed by atoms with Crippen LogP contribution in [0.5, 0.6) is 5.75 Å². The van der Waals surface area contributed by atoms with Crippen LogP contribution in [-0.4, -0.2) is 74.6 Å². The summed E-state index contributed by atoms with van der Waals surface area (Å²) in [6.07, 6.45) is 12.6. The summed E-state index contributed by atoms with van der Waals surface area (Å²) in [6, 6.07) is 4.47. The highest BCUT2D eigenvalue weighted by molar-refractivity contribution is 5.80. The SMILES string of the molecule is C=Nc1c(N=CC)cc(N2CCOCC2)cc1OC1CCC(Nc2ncc(C3=CCOCC3)cn2)CC1. The molecule has 1 aromatic carbocycles. The summed E-state index contributed by atoms with van der Waals surface area (Å²) < 4.78 is 17.5. The highest BCUT2D eigenvalue weighted by Crippen LogP contribution is 2.43. The van der Waals surface area contributed by atoms with Gasteiger partial charge in [-0.25, -0.2) is 9.97 Å². The Balaban J connectivity index is 1.21. The van der Waals surface area contributed by atoms with Crippen molar-refractivity contribution in [2.75, 3.05) is 49.7 Å². The fraction of sp³-hybridized carbons (Fsp3) is 0.500. The number of aliphatic imine (C=N–C) groups is 2. The van der Waals surface area contributed by atoms with Crippen molar-refractivity contribution in [2.45, 2.75) is 51.2 Å². The van der Waals surface area contributed by atoms with Crippen molar-refractivity contribution >= 4 is 41.5 Å². The normalized spacial score (nSPS) is 22.5. The molecule has 3 aliphatic rings. The Morgan fingerprint density at radius 2 is 1.86 bits per heavy atom. The van der Waals surface area contributed by atoms with Crippen molar-refractivity contribution in [3.63, 3.8) is 0 Å². The molecule has 9 heteroatoms. The second kappa shape index (κ2) is 12.3. The summed E-state index contributed by atoms with van der Waals surface area (Å²) in [5, 5.41) is 3.51. The predicted octanol–water partition coefficient (Wildman–Crippen LogP) is 4.97. The molecule has 1 N–H and O–H groups in total. The van der Waals surface area contributed by atoms with Crippen LogP contribution in [0.15, 0.2) is 40.6 Å². The summed E-state index contributed by atoms with van der Waals surface area (Å²) in [5.74, 6) is 1.43. The minimum absolute atomic E-state index is 0.112. The molecule has 3 heterocycles. The van der Waals surface area contributed by atoms with E-state index in [-0.39, 0.29) is 6.10 Å². The smallest absolute Gasteiger partial charge is 0.222 e. The fourth-order valence-electron chi connectivity index (χ4n) is 5.11. The lowest BCUT2D eigenvalue weighted by Gasteiger charge is -2.32. The lowest BCUT2D eigenvalue weighted by Crippen LogP contribution is -2.36. The maximum Gasteiger partial charge on any atom is 0.222 e. The average Bonchev–Trinajstić information content (AvgIpc) is 2.95. The van der Waals surface area contributed by atoms with Gasteiger partial charge in [0.05, 0.1) is 38.2 Å². The molecule has 1 saturated carbocycles. The molecule has 2 fully saturated rings. The van der Waals surface area contributed by atoms with E-state index in [1.54, 1.807) is 6.21 Å². The number of morpholine rings is 1. The van der Waals surface area contributed by atoms with E-state index >= 15 is 0 Å². The second-order valence-electron chi connectivity index (χ2n) is 9.54. The molecule has 196 valence electrons. The number of benzene rings is 1. The van der Waals surface area contributed by atoms with Gasteiger partial charge in [0.15, 0.2) is 0 Å². The Labute approximate surface area is 218 Å². The van der Waals surface area contributed by atoms with Crippen LogP contribution in [0.3, 0.4) is 0 Å². The van der Waals surface area contributed by atoms with Crippen LogP contribution in [0.1, 0.15) is 44.6 Å². The van der Waals surface area contributed by atoms with Gasteiger partial charge in [-0.1, -0.05) is 6.08 Å². The van der Waals surface area contributed by atoms with Gasteiger partial charge < -0.3 is 24.4 Å². The van der Waals surface area contributed by atoms with Gasteiger partial charge in [-0.05, 0) is 57.4 Å². The van der Waals surface area contributed by atoms with Crippen molar-refractivity contribution in [2.24, 2.45) is 9.98 Å². The van der Waals surface area contributed by atoms with Gasteiger partial charge >= 0.3 is 0 Å². The molecule has 1 aromatic heterocycles. The molecule has 37 heavy (non-hydrogen) atoms. The summed E-state index contributed by atoms with van der Waals surface area (Å²) in [7, 11) is 0. The van der Waals surface area contributed by atoms with Gasteiger partial charge in [0.1, 0.15) is 11.4 Å². The zero-order chi connectivity index (χ0) is 25.5. The number of hydrogen-bond donors (Lipinski definition) is 1. The van der Waals surface area contributed by atoms with E-state index in [0.29, 0.717) is 24.3 Å². The van der Waals surface area contributed by atoms with Crippen LogP contribution >= 0.6 is 0 Å². The number of nitrogens with one attached hydrogen (secondary N) is 1. The molecule has 9 nitrogen and oxygen atoms in total. The molecule has 2 aliphatic heterocycles. The third kappa shape index (κ3) is 6.34. The molecule has 1 saturated heterocycles. The zero-order valence-electron chi connectivity index (χ0n) is 21.6. The minimum atomic E-state index is 0.112. The monoisotopic (exact) mass is 504 g/mol. The van der Waals surface area contributed by atoms with Gasteiger partial charge in [0.2, 0.25) is 5.95 Å². The van der Waals surface area contributed by atoms with Crippen LogP contribution in [0, 0.1) is 0 Å². The van der Waals surface area contributed by atoms with Crippen LogP contribution in [0.4, 0.5) is 23.0 Å². The number of hydrogen-bond acceptors (Lipinski definition) is 9. The Bertz CT molecular complexity index is 1120. The zero-order valence-corrected chi connectivity index (χ0v) is 21.6. The van der Waals surface area contributed by atoms with Crippen molar-refractivity contribution in [3.8, 4) is 5.75 Å². The second-order valence-corrected chi connectivity index (χ2v) is 9.54. The summed E-state index contributed by atoms with van der Waals surface area (Å²) in [4.78, 5) is 20.3. The molecular weight excluding hydrogens is 468 g/mol. The fourth-order valence-corrected chi connectivity index (χ4v) is 5.11. The minimum Gasteiger partial charge on any atom is -0.488 e. The van der Waals surface area contributed by atoms with Crippen molar-refractivity contribution in [1.82, 2.24) is 9.97 Å². The Morgan fingerprint density at radius 1 is 1.08 bits per heavy atom. The van der Waals surface area contributed by atoms with E-state index in [1.165, 1.54) is 5.57 Å². The van der Waals surface area contributed by atoms with Crippen molar-refractivity contribution < 1.29 is 14.2 Å². The largest absolute Gasteiger partial charge is 0.488 e. The summed E-state index contributed by atoms with van der Waals surface area (Å²) in [5.41, 5.74) is 4.89. The van der Waals surface area contributed by atoms with Crippen molar-refractivity contribution in [1.29, 1.82) is 0 Å². The standard InChI is InChI=1S/C28H36N6O3/c1-3-30-25-16-23(34-10-14-36-15-11-34)17-26(27(25)29-2)37-24-6-4-22(5-7-24)33-28-31-18-21(19-32-28)20-8-12-35-13-9-20/h3,8,16-19,22,24H,2,4-7,9-15H2,1H3,(H,31,32,33). The molecule has 0 atom stereocenters. The lowest BCUT2D eigenvalue weighted by molar-refractivity contribution is 0.122. The highest BCUT2D eigenvalue weighted by Gasteiger charge is 2.25. The lowest BCUT2D eigenvalue weighted by atomic mass is 9.93. The molecule has 0 spiro atoms. The van der Waals surface area contributed by atoms with E-state index in [1.807, 2.05) is 19.3 Å². The molecule has 5 rings (SSSR count). The van der Waals surface area contributed by atoms with Crippen LogP contribution < -0.4 is 15.0 Å². The van der Waals surface area contributed by atoms with Crippen LogP contribution in [0.2, 0.25) is 0 Å². The summed E-state index contributed by atoms with van der Waals surface area (Å²) >= 11 is 0. The van der Waals surface area contributed by atoms with Gasteiger partial charge in [0, 0.05) is 55.1 Å². The molecule has 0 unspecified atom stereocenters. The molecular formula is C28H36N6O3. The number of aromatic nitrogens is 2. The summed E-state index contributed by atoms with van der Waals surface area (Å²) in [6.45, 7) is 10.3.